The summed E-state index contributed by atoms with van der Waals surface area (Å²) in [5, 5.41) is 12.2. The number of aliphatic hydroxyl groups is 1. The zero-order valence-corrected chi connectivity index (χ0v) is 15.6. The minimum atomic E-state index is -0.770. The molecule has 1 aromatic heterocycles. The van der Waals surface area contributed by atoms with Gasteiger partial charge in [-0.1, -0.05) is 42.0 Å². The molecule has 27 heavy (non-hydrogen) atoms. The largest absolute Gasteiger partial charge is 0.388 e. The number of hydrogen-bond donors (Lipinski definition) is 1. The fourth-order valence-electron chi connectivity index (χ4n) is 3.68. The Morgan fingerprint density at radius 1 is 1.07 bits per heavy atom. The molecule has 5 nitrogen and oxygen atoms in total. The van der Waals surface area contributed by atoms with E-state index in [0.29, 0.717) is 39.1 Å². The van der Waals surface area contributed by atoms with E-state index in [9.17, 15) is 5.11 Å². The van der Waals surface area contributed by atoms with E-state index < -0.39 is 5.60 Å². The van der Waals surface area contributed by atoms with Crippen LogP contribution in [0.25, 0.3) is 10.9 Å². The highest BCUT2D eigenvalue weighted by Gasteiger charge is 2.33. The second-order valence-electron chi connectivity index (χ2n) is 7.40. The van der Waals surface area contributed by atoms with Gasteiger partial charge in [-0.3, -0.25) is 0 Å². The molecule has 2 aromatic carbocycles. The van der Waals surface area contributed by atoms with E-state index >= 15 is 0 Å². The fraction of sp³-hybridized carbons (Fsp3) is 0.364. The lowest BCUT2D eigenvalue weighted by molar-refractivity contribution is -0.0580. The average Bonchev–Trinajstić information content (AvgIpc) is 2.68. The molecule has 1 aliphatic heterocycles. The first-order valence-electron chi connectivity index (χ1n) is 9.43. The quantitative estimate of drug-likeness (QED) is 0.752. The molecule has 0 amide bonds. The fourth-order valence-corrected chi connectivity index (χ4v) is 3.68. The third kappa shape index (κ3) is 4.10. The Bertz CT molecular complexity index is 908. The van der Waals surface area contributed by atoms with E-state index in [1.54, 1.807) is 6.33 Å². The summed E-state index contributed by atoms with van der Waals surface area (Å²) >= 11 is 0. The monoisotopic (exact) mass is 363 g/mol. The van der Waals surface area contributed by atoms with Crippen molar-refractivity contribution >= 4 is 16.7 Å². The van der Waals surface area contributed by atoms with Crippen molar-refractivity contribution in [3.8, 4) is 0 Å². The van der Waals surface area contributed by atoms with Crippen molar-refractivity contribution in [3.63, 3.8) is 0 Å². The van der Waals surface area contributed by atoms with Gasteiger partial charge in [0.05, 0.1) is 11.1 Å². The van der Waals surface area contributed by atoms with Crippen LogP contribution in [-0.4, -0.2) is 40.4 Å². The van der Waals surface area contributed by atoms with Gasteiger partial charge in [0.2, 0.25) is 0 Å². The van der Waals surface area contributed by atoms with Crippen LogP contribution in [0.5, 0.6) is 0 Å². The van der Waals surface area contributed by atoms with Crippen LogP contribution in [0.15, 0.2) is 54.9 Å². The maximum atomic E-state index is 11.1. The van der Waals surface area contributed by atoms with Gasteiger partial charge in [-0.2, -0.15) is 0 Å². The summed E-state index contributed by atoms with van der Waals surface area (Å²) in [7, 11) is 0. The molecule has 1 fully saturated rings. The Morgan fingerprint density at radius 3 is 2.63 bits per heavy atom. The van der Waals surface area contributed by atoms with Crippen molar-refractivity contribution in [2.75, 3.05) is 24.7 Å². The third-order valence-corrected chi connectivity index (χ3v) is 5.19. The topological polar surface area (TPSA) is 58.5 Å². The number of hydrogen-bond acceptors (Lipinski definition) is 5. The van der Waals surface area contributed by atoms with Crippen LogP contribution in [-0.2, 0) is 11.3 Å². The molecule has 0 spiro atoms. The first-order chi connectivity index (χ1) is 13.1. The number of anilines is 1. The highest BCUT2D eigenvalue weighted by molar-refractivity contribution is 5.89. The van der Waals surface area contributed by atoms with Gasteiger partial charge in [-0.25, -0.2) is 9.97 Å². The summed E-state index contributed by atoms with van der Waals surface area (Å²) in [6.07, 6.45) is 2.89. The predicted molar refractivity (Wildman–Crippen MR) is 107 cm³/mol. The van der Waals surface area contributed by atoms with E-state index in [1.165, 1.54) is 11.1 Å². The predicted octanol–water partition coefficient (Wildman–Crippen LogP) is 3.49. The van der Waals surface area contributed by atoms with E-state index in [0.717, 1.165) is 16.7 Å². The second-order valence-corrected chi connectivity index (χ2v) is 7.40. The van der Waals surface area contributed by atoms with E-state index in [-0.39, 0.29) is 0 Å². The molecule has 2 heterocycles. The van der Waals surface area contributed by atoms with E-state index in [2.05, 4.69) is 46.1 Å². The highest BCUT2D eigenvalue weighted by Crippen LogP contribution is 2.29. The Morgan fingerprint density at radius 2 is 1.85 bits per heavy atom. The lowest BCUT2D eigenvalue weighted by Gasteiger charge is -2.37. The van der Waals surface area contributed by atoms with Gasteiger partial charge in [-0.15, -0.1) is 0 Å². The second kappa shape index (κ2) is 7.62. The van der Waals surface area contributed by atoms with Crippen molar-refractivity contribution in [1.29, 1.82) is 0 Å². The zero-order chi connectivity index (χ0) is 18.7. The van der Waals surface area contributed by atoms with Crippen molar-refractivity contribution < 1.29 is 9.84 Å². The summed E-state index contributed by atoms with van der Waals surface area (Å²) in [5.74, 6) is 0.868. The van der Waals surface area contributed by atoms with Crippen molar-refractivity contribution in [1.82, 2.24) is 9.97 Å². The molecule has 4 rings (SSSR count). The smallest absolute Gasteiger partial charge is 0.140 e. The number of rotatable bonds is 5. The molecule has 0 radical (unpaired) electrons. The summed E-state index contributed by atoms with van der Waals surface area (Å²) in [6, 6.07) is 16.5. The number of aromatic nitrogens is 2. The SMILES string of the molecule is Cc1ccc2ncnc(N(Cc3ccccc3)CC3(O)CCOCC3)c2c1. The molecule has 1 saturated heterocycles. The van der Waals surface area contributed by atoms with Crippen LogP contribution >= 0.6 is 0 Å². The van der Waals surface area contributed by atoms with Crippen LogP contribution in [0.4, 0.5) is 5.82 Å². The van der Waals surface area contributed by atoms with Gasteiger partial charge in [0.25, 0.3) is 0 Å². The minimum absolute atomic E-state index is 0.519. The summed E-state index contributed by atoms with van der Waals surface area (Å²) < 4.78 is 5.45. The molecule has 1 N–H and O–H groups in total. The highest BCUT2D eigenvalue weighted by atomic mass is 16.5. The Kier molecular flexibility index (Phi) is 5.05. The third-order valence-electron chi connectivity index (χ3n) is 5.19. The minimum Gasteiger partial charge on any atom is -0.388 e. The Balaban J connectivity index is 1.74. The molecule has 0 unspecified atom stereocenters. The van der Waals surface area contributed by atoms with E-state index in [4.69, 9.17) is 4.74 Å². The molecule has 140 valence electrons. The number of ether oxygens (including phenoxy) is 1. The number of nitrogens with zero attached hydrogens (tertiary/aromatic N) is 3. The van der Waals surface area contributed by atoms with Gasteiger partial charge < -0.3 is 14.7 Å². The molecule has 0 aliphatic carbocycles. The average molecular weight is 363 g/mol. The molecule has 0 saturated carbocycles. The standard InChI is InChI=1S/C22H25N3O2/c1-17-7-8-20-19(13-17)21(24-16-23-20)25(14-18-5-3-2-4-6-18)15-22(26)9-11-27-12-10-22/h2-8,13,16,26H,9-12,14-15H2,1H3. The lowest BCUT2D eigenvalue weighted by Crippen LogP contribution is -2.47. The lowest BCUT2D eigenvalue weighted by atomic mass is 9.93. The number of aryl methyl sites for hydroxylation is 1. The van der Waals surface area contributed by atoms with Crippen molar-refractivity contribution in [2.45, 2.75) is 31.9 Å². The first kappa shape index (κ1) is 17.9. The molecule has 1 aliphatic rings. The number of benzene rings is 2. The van der Waals surface area contributed by atoms with Gasteiger partial charge in [0.15, 0.2) is 0 Å². The van der Waals surface area contributed by atoms with Crippen molar-refractivity contribution in [2.24, 2.45) is 0 Å². The van der Waals surface area contributed by atoms with Crippen molar-refractivity contribution in [3.05, 3.63) is 66.0 Å². The van der Waals surface area contributed by atoms with Gasteiger partial charge >= 0.3 is 0 Å². The molecule has 0 atom stereocenters. The molecule has 3 aromatic rings. The maximum absolute atomic E-state index is 11.1. The molecule has 5 heteroatoms. The summed E-state index contributed by atoms with van der Waals surface area (Å²) in [6.45, 7) is 4.47. The summed E-state index contributed by atoms with van der Waals surface area (Å²) in [4.78, 5) is 11.2. The summed E-state index contributed by atoms with van der Waals surface area (Å²) in [5.41, 5.74) is 2.51. The van der Waals surface area contributed by atoms with Crippen LogP contribution in [0.1, 0.15) is 24.0 Å². The van der Waals surface area contributed by atoms with Crippen LogP contribution in [0, 0.1) is 6.92 Å². The maximum Gasteiger partial charge on any atom is 0.140 e. The molecule has 0 bridgehead atoms. The first-order valence-corrected chi connectivity index (χ1v) is 9.43. The van der Waals surface area contributed by atoms with Gasteiger partial charge in [0.1, 0.15) is 12.1 Å². The van der Waals surface area contributed by atoms with Gasteiger partial charge in [-0.05, 0) is 24.6 Å². The molecular weight excluding hydrogens is 338 g/mol. The Labute approximate surface area is 159 Å². The van der Waals surface area contributed by atoms with Crippen LogP contribution < -0.4 is 4.90 Å². The normalized spacial score (nSPS) is 16.4. The Hall–Kier alpha value is -2.50. The van der Waals surface area contributed by atoms with Crippen LogP contribution in [0.3, 0.4) is 0 Å². The zero-order valence-electron chi connectivity index (χ0n) is 15.6. The van der Waals surface area contributed by atoms with Crippen LogP contribution in [0.2, 0.25) is 0 Å². The van der Waals surface area contributed by atoms with Gasteiger partial charge in [0, 0.05) is 44.5 Å². The number of fused-ring (bicyclic) bond motifs is 1. The molecular formula is C22H25N3O2. The van der Waals surface area contributed by atoms with E-state index in [1.807, 2.05) is 24.3 Å².